The van der Waals surface area contributed by atoms with Gasteiger partial charge in [-0.2, -0.15) is 0 Å². The zero-order valence-electron chi connectivity index (χ0n) is 13.9. The molecular weight excluding hydrogens is 336 g/mol. The number of rotatable bonds is 2. The van der Waals surface area contributed by atoms with E-state index in [2.05, 4.69) is 0 Å². The fourth-order valence-corrected chi connectivity index (χ4v) is 3.67. The first-order valence-corrected chi connectivity index (χ1v) is 8.33. The first-order chi connectivity index (χ1) is 12.5. The molecular formula is C19H16N2O5. The lowest BCUT2D eigenvalue weighted by Crippen LogP contribution is -2.45. The topological polar surface area (TPSA) is 89.8 Å². The van der Waals surface area contributed by atoms with Gasteiger partial charge in [0.05, 0.1) is 23.5 Å². The van der Waals surface area contributed by atoms with Crippen LogP contribution in [0.3, 0.4) is 0 Å². The van der Waals surface area contributed by atoms with E-state index >= 15 is 0 Å². The quantitative estimate of drug-likeness (QED) is 0.612. The molecule has 0 radical (unpaired) electrons. The van der Waals surface area contributed by atoms with Crippen LogP contribution in [0.5, 0.6) is 5.75 Å². The highest BCUT2D eigenvalue weighted by Gasteiger charge is 2.47. The summed E-state index contributed by atoms with van der Waals surface area (Å²) in [4.78, 5) is 37.4. The maximum Gasteiger partial charge on any atom is 0.282 e. The molecule has 2 aromatic rings. The standard InChI is InChI=1S/C19H16N2O5/c22-16-11-19(26-17-8-4-2-6-14(16)17)9-10-20(12-19)18(23)13-5-1-3-7-15(13)21(24)25/h1-8H,9-12H2. The number of hydrogen-bond donors (Lipinski definition) is 0. The lowest BCUT2D eigenvalue weighted by atomic mass is 9.89. The van der Waals surface area contributed by atoms with E-state index in [0.29, 0.717) is 24.3 Å². The number of likely N-dealkylation sites (tertiary alicyclic amines) is 1. The first-order valence-electron chi connectivity index (χ1n) is 8.33. The van der Waals surface area contributed by atoms with Crippen molar-refractivity contribution >= 4 is 17.4 Å². The van der Waals surface area contributed by atoms with E-state index in [4.69, 9.17) is 4.74 Å². The molecule has 0 saturated carbocycles. The summed E-state index contributed by atoms with van der Waals surface area (Å²) in [5, 5.41) is 11.2. The first kappa shape index (κ1) is 16.3. The van der Waals surface area contributed by atoms with Crippen molar-refractivity contribution in [1.82, 2.24) is 4.90 Å². The van der Waals surface area contributed by atoms with Crippen molar-refractivity contribution in [3.63, 3.8) is 0 Å². The highest BCUT2D eigenvalue weighted by Crippen LogP contribution is 2.39. The van der Waals surface area contributed by atoms with Gasteiger partial charge in [0, 0.05) is 19.0 Å². The Labute approximate surface area is 149 Å². The minimum absolute atomic E-state index is 0.00755. The molecule has 0 aliphatic carbocycles. The second-order valence-corrected chi connectivity index (χ2v) is 6.63. The smallest absolute Gasteiger partial charge is 0.282 e. The molecule has 7 heteroatoms. The number of ether oxygens (including phenoxy) is 1. The average Bonchev–Trinajstić information content (AvgIpc) is 3.04. The van der Waals surface area contributed by atoms with Crippen LogP contribution in [0.2, 0.25) is 0 Å². The lowest BCUT2D eigenvalue weighted by molar-refractivity contribution is -0.385. The van der Waals surface area contributed by atoms with Crippen molar-refractivity contribution in [3.8, 4) is 5.75 Å². The van der Waals surface area contributed by atoms with Gasteiger partial charge in [-0.1, -0.05) is 24.3 Å². The van der Waals surface area contributed by atoms with Crippen LogP contribution in [-0.4, -0.2) is 40.2 Å². The highest BCUT2D eigenvalue weighted by atomic mass is 16.6. The van der Waals surface area contributed by atoms with E-state index in [1.54, 1.807) is 30.3 Å². The molecule has 2 heterocycles. The number of nitro benzene ring substituents is 1. The van der Waals surface area contributed by atoms with Crippen LogP contribution in [0.4, 0.5) is 5.69 Å². The number of nitrogens with zero attached hydrogens (tertiary/aromatic N) is 2. The summed E-state index contributed by atoms with van der Waals surface area (Å²) in [5.41, 5.74) is -0.367. The van der Waals surface area contributed by atoms with E-state index in [0.717, 1.165) is 0 Å². The van der Waals surface area contributed by atoms with E-state index in [9.17, 15) is 19.7 Å². The summed E-state index contributed by atoms with van der Waals surface area (Å²) < 4.78 is 6.10. The van der Waals surface area contributed by atoms with Crippen molar-refractivity contribution < 1.29 is 19.2 Å². The van der Waals surface area contributed by atoms with Crippen LogP contribution in [0.1, 0.15) is 33.6 Å². The highest BCUT2D eigenvalue weighted by molar-refractivity contribution is 6.01. The van der Waals surface area contributed by atoms with Crippen LogP contribution in [0.25, 0.3) is 0 Å². The van der Waals surface area contributed by atoms with Gasteiger partial charge in [0.1, 0.15) is 16.9 Å². The number of nitro groups is 1. The van der Waals surface area contributed by atoms with Gasteiger partial charge in [0.15, 0.2) is 5.78 Å². The SMILES string of the molecule is O=C1CC2(CCN(C(=O)c3ccccc3[N+](=O)[O-])C2)Oc2ccccc21. The fraction of sp³-hybridized carbons (Fsp3) is 0.263. The van der Waals surface area contributed by atoms with Crippen LogP contribution < -0.4 is 4.74 Å². The van der Waals surface area contributed by atoms with Gasteiger partial charge in [-0.25, -0.2) is 0 Å². The molecule has 1 spiro atoms. The minimum atomic E-state index is -0.759. The number of hydrogen-bond acceptors (Lipinski definition) is 5. The number of carbonyl (C=O) groups is 2. The predicted molar refractivity (Wildman–Crippen MR) is 92.4 cm³/mol. The third kappa shape index (κ3) is 2.61. The molecule has 0 aromatic heterocycles. The van der Waals surface area contributed by atoms with Gasteiger partial charge in [0.2, 0.25) is 0 Å². The van der Waals surface area contributed by atoms with Crippen LogP contribution in [0, 0.1) is 10.1 Å². The molecule has 0 N–H and O–H groups in total. The summed E-state index contributed by atoms with van der Waals surface area (Å²) in [5.74, 6) is 0.111. The Morgan fingerprint density at radius 2 is 1.88 bits per heavy atom. The molecule has 1 unspecified atom stereocenters. The Balaban J connectivity index is 1.59. The molecule has 1 atom stereocenters. The Hall–Kier alpha value is -3.22. The molecule has 4 rings (SSSR count). The van der Waals surface area contributed by atoms with Crippen LogP contribution in [-0.2, 0) is 0 Å². The zero-order valence-corrected chi connectivity index (χ0v) is 13.9. The van der Waals surface area contributed by atoms with Crippen LogP contribution in [0.15, 0.2) is 48.5 Å². The third-order valence-electron chi connectivity index (χ3n) is 4.93. The second-order valence-electron chi connectivity index (χ2n) is 6.63. The number of Topliss-reactive ketones (excluding diaryl/α,β-unsaturated/α-hetero) is 1. The third-order valence-corrected chi connectivity index (χ3v) is 4.93. The summed E-state index contributed by atoms with van der Waals surface area (Å²) >= 11 is 0. The molecule has 1 fully saturated rings. The maximum atomic E-state index is 12.8. The molecule has 1 saturated heterocycles. The second kappa shape index (κ2) is 5.94. The van der Waals surface area contributed by atoms with Crippen molar-refractivity contribution in [2.75, 3.05) is 13.1 Å². The largest absolute Gasteiger partial charge is 0.484 e. The molecule has 2 aliphatic heterocycles. The summed E-state index contributed by atoms with van der Waals surface area (Å²) in [6.07, 6.45) is 0.712. The van der Waals surface area contributed by atoms with Crippen LogP contribution >= 0.6 is 0 Å². The molecule has 2 aromatic carbocycles. The van der Waals surface area contributed by atoms with Gasteiger partial charge in [-0.05, 0) is 18.2 Å². The average molecular weight is 352 g/mol. The Kier molecular flexibility index (Phi) is 3.72. The number of carbonyl (C=O) groups excluding carboxylic acids is 2. The number of fused-ring (bicyclic) bond motifs is 1. The van der Waals surface area contributed by atoms with Gasteiger partial charge in [-0.3, -0.25) is 19.7 Å². The van der Waals surface area contributed by atoms with Gasteiger partial charge < -0.3 is 9.64 Å². The monoisotopic (exact) mass is 352 g/mol. The number of ketones is 1. The maximum absolute atomic E-state index is 12.8. The summed E-state index contributed by atoms with van der Waals surface area (Å²) in [7, 11) is 0. The number of amides is 1. The van der Waals surface area contributed by atoms with Gasteiger partial charge >= 0.3 is 0 Å². The molecule has 2 aliphatic rings. The summed E-state index contributed by atoms with van der Waals surface area (Å²) in [6, 6.07) is 13.0. The molecule has 0 bridgehead atoms. The fourth-order valence-electron chi connectivity index (χ4n) is 3.67. The zero-order chi connectivity index (χ0) is 18.3. The molecule has 132 valence electrons. The van der Waals surface area contributed by atoms with E-state index in [-0.39, 0.29) is 30.0 Å². The van der Waals surface area contributed by atoms with Gasteiger partial charge in [-0.15, -0.1) is 0 Å². The van der Waals surface area contributed by atoms with E-state index < -0.39 is 16.4 Å². The molecule has 1 amide bonds. The van der Waals surface area contributed by atoms with E-state index in [1.165, 1.54) is 23.1 Å². The Morgan fingerprint density at radius 1 is 1.15 bits per heavy atom. The van der Waals surface area contributed by atoms with Gasteiger partial charge in [0.25, 0.3) is 11.6 Å². The Bertz CT molecular complexity index is 926. The molecule has 26 heavy (non-hydrogen) atoms. The normalized spacial score (nSPS) is 21.4. The van der Waals surface area contributed by atoms with Crippen molar-refractivity contribution in [1.29, 1.82) is 0 Å². The number of para-hydroxylation sites is 2. The van der Waals surface area contributed by atoms with Crippen molar-refractivity contribution in [2.45, 2.75) is 18.4 Å². The lowest BCUT2D eigenvalue weighted by Gasteiger charge is -2.34. The van der Waals surface area contributed by atoms with Crippen molar-refractivity contribution in [2.24, 2.45) is 0 Å². The number of benzene rings is 2. The minimum Gasteiger partial charge on any atom is -0.484 e. The Morgan fingerprint density at radius 3 is 2.69 bits per heavy atom. The summed E-state index contributed by atoms with van der Waals surface area (Å²) in [6.45, 7) is 0.623. The predicted octanol–water partition coefficient (Wildman–Crippen LogP) is 2.84. The molecule has 7 nitrogen and oxygen atoms in total. The van der Waals surface area contributed by atoms with Crippen molar-refractivity contribution in [3.05, 3.63) is 69.8 Å². The van der Waals surface area contributed by atoms with E-state index in [1.807, 2.05) is 0 Å².